The Hall–Kier alpha value is -0.311. The topological polar surface area (TPSA) is 37.9 Å². The molecule has 0 fully saturated rings. The van der Waals surface area contributed by atoms with Crippen LogP contribution in [0.25, 0.3) is 0 Å². The van der Waals surface area contributed by atoms with Crippen molar-refractivity contribution < 1.29 is 20.2 Å². The van der Waals surface area contributed by atoms with E-state index in [0.717, 1.165) is 0 Å². The number of rotatable bonds is 0. The summed E-state index contributed by atoms with van der Waals surface area (Å²) in [4.78, 5) is 6.42. The fourth-order valence-corrected chi connectivity index (χ4v) is 0.215. The van der Waals surface area contributed by atoms with Crippen molar-refractivity contribution in [3.05, 3.63) is 18.7 Å². The van der Waals surface area contributed by atoms with E-state index in [-0.39, 0.29) is 0 Å². The third kappa shape index (κ3) is 5.69. The Bertz CT molecular complexity index is 80.9. The molecule has 0 aliphatic heterocycles. The monoisotopic (exact) mass is 155 g/mol. The van der Waals surface area contributed by atoms with E-state index in [2.05, 4.69) is 30.1 Å². The molecule has 0 atom stereocenters. The molecule has 47 valence electrons. The van der Waals surface area contributed by atoms with Gasteiger partial charge in [0.15, 0.2) is 0 Å². The summed E-state index contributed by atoms with van der Waals surface area (Å²) in [7, 11) is 1.51. The van der Waals surface area contributed by atoms with Gasteiger partial charge in [0.1, 0.15) is 0 Å². The van der Waals surface area contributed by atoms with Crippen LogP contribution in [0, 0.1) is 0 Å². The first kappa shape index (κ1) is 7.69. The maximum atomic E-state index is 4.00. The average molecular weight is 155 g/mol. The quantitative estimate of drug-likeness (QED) is 0.554. The number of hydrogen-bond acceptors (Lipinski definition) is 2. The number of H-pyrrole nitrogens is 1. The molecule has 0 saturated heterocycles. The molecule has 1 aromatic heterocycles. The van der Waals surface area contributed by atoms with Crippen LogP contribution >= 0.6 is 0 Å². The zero-order valence-corrected chi connectivity index (χ0v) is 5.55. The Morgan fingerprint density at radius 3 is 2.50 bits per heavy atom. The first-order valence-corrected chi connectivity index (χ1v) is 2.43. The molecule has 0 saturated carbocycles. The van der Waals surface area contributed by atoms with Crippen LogP contribution in [0.5, 0.6) is 0 Å². The number of nitrogens with one attached hydrogen (secondary N) is 1. The minimum atomic E-state index is 1.51. The second kappa shape index (κ2) is 6.69. The molecule has 0 unspecified atom stereocenters. The summed E-state index contributed by atoms with van der Waals surface area (Å²) < 4.78 is 4.00. The van der Waals surface area contributed by atoms with Crippen LogP contribution in [0.15, 0.2) is 18.7 Å². The number of nitrogens with zero attached hydrogens (tertiary/aromatic N) is 1. The normalized spacial score (nSPS) is 7.25. The van der Waals surface area contributed by atoms with E-state index in [1.807, 2.05) is 0 Å². The van der Waals surface area contributed by atoms with Crippen LogP contribution in [0.3, 0.4) is 0 Å². The molecule has 0 aromatic carbocycles. The van der Waals surface area contributed by atoms with Crippen molar-refractivity contribution in [1.82, 2.24) is 9.97 Å². The molecule has 0 radical (unpaired) electrons. The van der Waals surface area contributed by atoms with Gasteiger partial charge in [-0.25, -0.2) is 4.98 Å². The van der Waals surface area contributed by atoms with Crippen molar-refractivity contribution in [2.24, 2.45) is 0 Å². The predicted octanol–water partition coefficient (Wildman–Crippen LogP) is 0.504. The fraction of sp³-hybridized carbons (Fsp3) is 0.250. The third-order valence-electron chi connectivity index (χ3n) is 0.406. The molecule has 0 amide bonds. The first-order valence-electron chi connectivity index (χ1n) is 1.98. The first-order chi connectivity index (χ1) is 3.91. The second-order valence-electron chi connectivity index (χ2n) is 0.905. The van der Waals surface area contributed by atoms with Gasteiger partial charge in [0, 0.05) is 12.4 Å². The maximum absolute atomic E-state index is 4.00. The summed E-state index contributed by atoms with van der Waals surface area (Å²) in [6, 6.07) is 0. The summed E-state index contributed by atoms with van der Waals surface area (Å²) in [5.74, 6) is 0. The van der Waals surface area contributed by atoms with Gasteiger partial charge >= 0.3 is 27.3 Å². The van der Waals surface area contributed by atoms with E-state index < -0.39 is 0 Å². The minimum Gasteiger partial charge on any atom is -0.351 e. The smallest absolute Gasteiger partial charge is 0.0919 e. The van der Waals surface area contributed by atoms with E-state index >= 15 is 0 Å². The van der Waals surface area contributed by atoms with Gasteiger partial charge in [-0.15, -0.1) is 0 Å². The SMILES string of the molecule is C[O][Fe].c1c[nH]cn1. The Balaban J connectivity index is 0.000000145. The van der Waals surface area contributed by atoms with Gasteiger partial charge in [-0.05, 0) is 0 Å². The summed E-state index contributed by atoms with van der Waals surface area (Å²) in [6.07, 6.45) is 5.08. The molecule has 0 spiro atoms. The van der Waals surface area contributed by atoms with Gasteiger partial charge in [-0.2, -0.15) is 0 Å². The molecular weight excluding hydrogens is 148 g/mol. The predicted molar refractivity (Wildman–Crippen MR) is 25.6 cm³/mol. The van der Waals surface area contributed by atoms with Crippen LogP contribution in [0.4, 0.5) is 0 Å². The van der Waals surface area contributed by atoms with Gasteiger partial charge in [-0.3, -0.25) is 0 Å². The average Bonchev–Trinajstić information content (AvgIpc) is 2.17. The van der Waals surface area contributed by atoms with Crippen LogP contribution in [-0.2, 0) is 20.2 Å². The number of imidazole rings is 1. The molecule has 1 rings (SSSR count). The maximum Gasteiger partial charge on any atom is 0.0919 e. The Kier molecular flexibility index (Phi) is 6.43. The summed E-state index contributed by atoms with van der Waals surface area (Å²) in [5.41, 5.74) is 0. The third-order valence-corrected chi connectivity index (χ3v) is 0.406. The van der Waals surface area contributed by atoms with Gasteiger partial charge in [0.25, 0.3) is 0 Å². The molecule has 0 aliphatic carbocycles. The molecule has 1 N–H and O–H groups in total. The van der Waals surface area contributed by atoms with Crippen molar-refractivity contribution in [3.63, 3.8) is 0 Å². The molecule has 1 aromatic rings. The van der Waals surface area contributed by atoms with Crippen LogP contribution < -0.4 is 0 Å². The number of aromatic amines is 1. The molecule has 1 heterocycles. The number of aromatic nitrogens is 2. The summed E-state index contributed by atoms with van der Waals surface area (Å²) in [6.45, 7) is 0. The molecule has 8 heavy (non-hydrogen) atoms. The van der Waals surface area contributed by atoms with Gasteiger partial charge in [-0.1, -0.05) is 0 Å². The van der Waals surface area contributed by atoms with E-state index in [1.54, 1.807) is 18.7 Å². The summed E-state index contributed by atoms with van der Waals surface area (Å²) in [5, 5.41) is 0. The molecular formula is C4H7FeN2O. The van der Waals surface area contributed by atoms with Crippen molar-refractivity contribution >= 4 is 0 Å². The van der Waals surface area contributed by atoms with Crippen LogP contribution in [-0.4, -0.2) is 17.1 Å². The Labute approximate surface area is 56.6 Å². The van der Waals surface area contributed by atoms with E-state index in [9.17, 15) is 0 Å². The van der Waals surface area contributed by atoms with Crippen molar-refractivity contribution in [1.29, 1.82) is 0 Å². The van der Waals surface area contributed by atoms with E-state index in [1.165, 1.54) is 7.11 Å². The van der Waals surface area contributed by atoms with Gasteiger partial charge in [0.2, 0.25) is 0 Å². The van der Waals surface area contributed by atoms with Gasteiger partial charge < -0.3 is 4.98 Å². The molecule has 0 bridgehead atoms. The molecule has 3 nitrogen and oxygen atoms in total. The second-order valence-corrected chi connectivity index (χ2v) is 1.36. The largest absolute Gasteiger partial charge is 0.351 e. The van der Waals surface area contributed by atoms with Crippen molar-refractivity contribution in [2.45, 2.75) is 0 Å². The minimum absolute atomic E-state index is 1.51. The van der Waals surface area contributed by atoms with E-state index in [4.69, 9.17) is 0 Å². The molecule has 4 heteroatoms. The van der Waals surface area contributed by atoms with Crippen LogP contribution in [0.2, 0.25) is 0 Å². The van der Waals surface area contributed by atoms with Crippen molar-refractivity contribution in [2.75, 3.05) is 7.11 Å². The van der Waals surface area contributed by atoms with E-state index in [0.29, 0.717) is 0 Å². The van der Waals surface area contributed by atoms with Crippen molar-refractivity contribution in [3.8, 4) is 0 Å². The zero-order chi connectivity index (χ0) is 6.24. The zero-order valence-electron chi connectivity index (χ0n) is 4.44. The molecule has 0 aliphatic rings. The number of hydrogen-bond donors (Lipinski definition) is 1. The Morgan fingerprint density at radius 1 is 1.75 bits per heavy atom. The Morgan fingerprint density at radius 2 is 2.38 bits per heavy atom. The fourth-order valence-electron chi connectivity index (χ4n) is 0.215. The van der Waals surface area contributed by atoms with Gasteiger partial charge in [0.05, 0.1) is 6.33 Å². The van der Waals surface area contributed by atoms with Crippen LogP contribution in [0.1, 0.15) is 0 Å². The summed E-state index contributed by atoms with van der Waals surface area (Å²) >= 11 is 2.99. The standard InChI is InChI=1S/C3H4N2.CH3O.Fe/c1-2-5-3-4-1;1-2;/h1-3H,(H,4,5);1H3;/q;-1;+1.